The van der Waals surface area contributed by atoms with Gasteiger partial charge < -0.3 is 15.7 Å². The standard InChI is InChI=1S/C15H22N2O3/c1-10(2)14(19)9-17-15(20)13(16-3)8-11-4-6-12(18)7-5-11/h4-7,10,13,16,18H,8-9H2,1-3H3,(H,17,20)/t13-/m0/s1. The van der Waals surface area contributed by atoms with Crippen LogP contribution >= 0.6 is 0 Å². The number of Topliss-reactive ketones (excluding diaryl/α,β-unsaturated/α-hetero) is 1. The van der Waals surface area contributed by atoms with Crippen molar-refractivity contribution in [2.45, 2.75) is 26.3 Å². The number of nitrogens with one attached hydrogen (secondary N) is 2. The van der Waals surface area contributed by atoms with Gasteiger partial charge >= 0.3 is 0 Å². The average Bonchev–Trinajstić information content (AvgIpc) is 2.43. The third-order valence-electron chi connectivity index (χ3n) is 3.12. The predicted molar refractivity (Wildman–Crippen MR) is 77.5 cm³/mol. The molecule has 0 aliphatic carbocycles. The Balaban J connectivity index is 2.55. The van der Waals surface area contributed by atoms with Crippen molar-refractivity contribution in [3.63, 3.8) is 0 Å². The largest absolute Gasteiger partial charge is 0.508 e. The Morgan fingerprint density at radius 2 is 1.80 bits per heavy atom. The lowest BCUT2D eigenvalue weighted by Crippen LogP contribution is -2.45. The molecule has 1 atom stereocenters. The lowest BCUT2D eigenvalue weighted by atomic mass is 10.0. The molecule has 5 heteroatoms. The Morgan fingerprint density at radius 1 is 1.20 bits per heavy atom. The number of carbonyl (C=O) groups is 2. The van der Waals surface area contributed by atoms with Crippen LogP contribution in [0.25, 0.3) is 0 Å². The number of carbonyl (C=O) groups excluding carboxylic acids is 2. The molecule has 5 nitrogen and oxygen atoms in total. The van der Waals surface area contributed by atoms with E-state index in [-0.39, 0.29) is 29.9 Å². The highest BCUT2D eigenvalue weighted by atomic mass is 16.3. The van der Waals surface area contributed by atoms with Crippen LogP contribution in [0.1, 0.15) is 19.4 Å². The molecular formula is C15H22N2O3. The first-order valence-electron chi connectivity index (χ1n) is 6.69. The second-order valence-electron chi connectivity index (χ2n) is 5.05. The first kappa shape index (κ1) is 16.2. The fraction of sp³-hybridized carbons (Fsp3) is 0.467. The molecule has 1 rings (SSSR count). The first-order chi connectivity index (χ1) is 9.43. The van der Waals surface area contributed by atoms with E-state index in [1.807, 2.05) is 0 Å². The minimum Gasteiger partial charge on any atom is -0.508 e. The van der Waals surface area contributed by atoms with E-state index in [0.717, 1.165) is 5.56 Å². The van der Waals surface area contributed by atoms with Gasteiger partial charge in [-0.3, -0.25) is 9.59 Å². The minimum atomic E-state index is -0.403. The van der Waals surface area contributed by atoms with Crippen LogP contribution in [0.4, 0.5) is 0 Å². The topological polar surface area (TPSA) is 78.4 Å². The van der Waals surface area contributed by atoms with E-state index in [1.54, 1.807) is 45.2 Å². The summed E-state index contributed by atoms with van der Waals surface area (Å²) < 4.78 is 0. The molecule has 0 bridgehead atoms. The summed E-state index contributed by atoms with van der Waals surface area (Å²) in [6.07, 6.45) is 0.498. The van der Waals surface area contributed by atoms with Gasteiger partial charge in [-0.25, -0.2) is 0 Å². The highest BCUT2D eigenvalue weighted by molar-refractivity contribution is 5.89. The van der Waals surface area contributed by atoms with Crippen LogP contribution in [0.2, 0.25) is 0 Å². The van der Waals surface area contributed by atoms with Crippen LogP contribution in [-0.2, 0) is 16.0 Å². The molecule has 0 radical (unpaired) electrons. The normalized spacial score (nSPS) is 12.2. The maximum atomic E-state index is 12.0. The predicted octanol–water partition coefficient (Wildman–Crippen LogP) is 0.864. The number of aromatic hydroxyl groups is 1. The van der Waals surface area contributed by atoms with E-state index in [4.69, 9.17) is 0 Å². The number of rotatable bonds is 7. The molecule has 0 aliphatic rings. The summed E-state index contributed by atoms with van der Waals surface area (Å²) in [5.41, 5.74) is 0.937. The molecule has 0 fully saturated rings. The lowest BCUT2D eigenvalue weighted by Gasteiger charge is -2.16. The van der Waals surface area contributed by atoms with Crippen molar-refractivity contribution in [1.82, 2.24) is 10.6 Å². The molecule has 110 valence electrons. The fourth-order valence-corrected chi connectivity index (χ4v) is 1.70. The molecule has 1 amide bonds. The zero-order chi connectivity index (χ0) is 15.1. The van der Waals surface area contributed by atoms with Crippen molar-refractivity contribution in [1.29, 1.82) is 0 Å². The third-order valence-corrected chi connectivity index (χ3v) is 3.12. The number of hydrogen-bond donors (Lipinski definition) is 3. The molecule has 1 aromatic carbocycles. The molecule has 3 N–H and O–H groups in total. The number of ketones is 1. The van der Waals surface area contributed by atoms with Gasteiger partial charge in [0.05, 0.1) is 12.6 Å². The molecule has 0 heterocycles. The first-order valence-corrected chi connectivity index (χ1v) is 6.69. The van der Waals surface area contributed by atoms with Gasteiger partial charge in [0.1, 0.15) is 5.75 Å². The highest BCUT2D eigenvalue weighted by Crippen LogP contribution is 2.11. The van der Waals surface area contributed by atoms with Crippen molar-refractivity contribution in [2.75, 3.05) is 13.6 Å². The monoisotopic (exact) mass is 278 g/mol. The van der Waals surface area contributed by atoms with E-state index >= 15 is 0 Å². The van der Waals surface area contributed by atoms with Gasteiger partial charge in [0.2, 0.25) is 5.91 Å². The van der Waals surface area contributed by atoms with E-state index in [2.05, 4.69) is 10.6 Å². The minimum absolute atomic E-state index is 0.0119. The Labute approximate surface area is 119 Å². The van der Waals surface area contributed by atoms with Crippen LogP contribution in [0, 0.1) is 5.92 Å². The Hall–Kier alpha value is -1.88. The zero-order valence-corrected chi connectivity index (χ0v) is 12.1. The smallest absolute Gasteiger partial charge is 0.237 e. The van der Waals surface area contributed by atoms with Crippen molar-refractivity contribution in [3.05, 3.63) is 29.8 Å². The molecule has 20 heavy (non-hydrogen) atoms. The number of benzene rings is 1. The molecule has 0 aliphatic heterocycles. The molecular weight excluding hydrogens is 256 g/mol. The van der Waals surface area contributed by atoms with Crippen LogP contribution in [0.5, 0.6) is 5.75 Å². The van der Waals surface area contributed by atoms with Gasteiger partial charge in [0.15, 0.2) is 5.78 Å². The highest BCUT2D eigenvalue weighted by Gasteiger charge is 2.18. The van der Waals surface area contributed by atoms with Crippen molar-refractivity contribution in [2.24, 2.45) is 5.92 Å². The second kappa shape index (κ2) is 7.65. The van der Waals surface area contributed by atoms with E-state index in [0.29, 0.717) is 6.42 Å². The Morgan fingerprint density at radius 3 is 2.30 bits per heavy atom. The summed E-state index contributed by atoms with van der Waals surface area (Å²) in [5, 5.41) is 14.8. The Kier molecular flexibility index (Phi) is 6.18. The van der Waals surface area contributed by atoms with Gasteiger partial charge in [-0.1, -0.05) is 26.0 Å². The lowest BCUT2D eigenvalue weighted by molar-refractivity contribution is -0.127. The third kappa shape index (κ3) is 5.01. The van der Waals surface area contributed by atoms with Gasteiger partial charge in [-0.15, -0.1) is 0 Å². The SMILES string of the molecule is CN[C@@H](Cc1ccc(O)cc1)C(=O)NCC(=O)C(C)C. The number of phenols is 1. The van der Waals surface area contributed by atoms with Crippen molar-refractivity contribution in [3.8, 4) is 5.75 Å². The molecule has 0 aromatic heterocycles. The van der Waals surface area contributed by atoms with Crippen molar-refractivity contribution >= 4 is 11.7 Å². The summed E-state index contributed by atoms with van der Waals surface area (Å²) in [6.45, 7) is 3.67. The van der Waals surface area contributed by atoms with Gasteiger partial charge in [0.25, 0.3) is 0 Å². The Bertz CT molecular complexity index is 455. The zero-order valence-electron chi connectivity index (χ0n) is 12.1. The summed E-state index contributed by atoms with van der Waals surface area (Å²) in [7, 11) is 1.70. The molecule has 0 saturated heterocycles. The summed E-state index contributed by atoms with van der Waals surface area (Å²) >= 11 is 0. The van der Waals surface area contributed by atoms with Crippen LogP contribution in [0.15, 0.2) is 24.3 Å². The molecule has 1 aromatic rings. The molecule has 0 spiro atoms. The average molecular weight is 278 g/mol. The summed E-state index contributed by atoms with van der Waals surface area (Å²) in [5.74, 6) is -0.0745. The number of phenolic OH excluding ortho intramolecular Hbond substituents is 1. The number of hydrogen-bond acceptors (Lipinski definition) is 4. The fourth-order valence-electron chi connectivity index (χ4n) is 1.70. The number of amides is 1. The molecule has 0 unspecified atom stereocenters. The van der Waals surface area contributed by atoms with Gasteiger partial charge in [-0.2, -0.15) is 0 Å². The molecule has 0 saturated carbocycles. The maximum Gasteiger partial charge on any atom is 0.237 e. The van der Waals surface area contributed by atoms with Crippen LogP contribution in [-0.4, -0.2) is 36.4 Å². The second-order valence-corrected chi connectivity index (χ2v) is 5.05. The van der Waals surface area contributed by atoms with Crippen LogP contribution in [0.3, 0.4) is 0 Å². The maximum absolute atomic E-state index is 12.0. The van der Waals surface area contributed by atoms with E-state index < -0.39 is 6.04 Å². The number of likely N-dealkylation sites (N-methyl/N-ethyl adjacent to an activating group) is 1. The summed E-state index contributed by atoms with van der Waals surface area (Å²) in [6, 6.07) is 6.31. The van der Waals surface area contributed by atoms with E-state index in [1.165, 1.54) is 0 Å². The van der Waals surface area contributed by atoms with Gasteiger partial charge in [0, 0.05) is 5.92 Å². The van der Waals surface area contributed by atoms with Gasteiger partial charge in [-0.05, 0) is 31.2 Å². The quantitative estimate of drug-likeness (QED) is 0.691. The van der Waals surface area contributed by atoms with Crippen molar-refractivity contribution < 1.29 is 14.7 Å². The summed E-state index contributed by atoms with van der Waals surface area (Å²) in [4.78, 5) is 23.5. The van der Waals surface area contributed by atoms with E-state index in [9.17, 15) is 14.7 Å². The van der Waals surface area contributed by atoms with Crippen LogP contribution < -0.4 is 10.6 Å².